The van der Waals surface area contributed by atoms with E-state index in [9.17, 15) is 4.79 Å². The summed E-state index contributed by atoms with van der Waals surface area (Å²) >= 11 is 0. The standard InChI is InChI=1S/C13H24N2O2/c1-9(2)17-12(16)8-15-7-10-5-14-6-11(10)13(15,3)4/h9-11,14H,5-8H2,1-4H3. The van der Waals surface area contributed by atoms with Gasteiger partial charge in [0.15, 0.2) is 0 Å². The Morgan fingerprint density at radius 1 is 1.47 bits per heavy atom. The number of nitrogens with one attached hydrogen (secondary N) is 1. The van der Waals surface area contributed by atoms with E-state index < -0.39 is 0 Å². The average Bonchev–Trinajstić information content (AvgIpc) is 2.70. The van der Waals surface area contributed by atoms with Crippen molar-refractivity contribution in [1.29, 1.82) is 0 Å². The van der Waals surface area contributed by atoms with Gasteiger partial charge in [0.1, 0.15) is 0 Å². The highest BCUT2D eigenvalue weighted by atomic mass is 16.5. The lowest BCUT2D eigenvalue weighted by Gasteiger charge is -2.35. The summed E-state index contributed by atoms with van der Waals surface area (Å²) < 4.78 is 5.23. The summed E-state index contributed by atoms with van der Waals surface area (Å²) in [6.07, 6.45) is -0.0191. The fourth-order valence-corrected chi connectivity index (χ4v) is 3.23. The highest BCUT2D eigenvalue weighted by molar-refractivity contribution is 5.72. The molecule has 4 heteroatoms. The van der Waals surface area contributed by atoms with E-state index in [2.05, 4.69) is 24.1 Å². The molecule has 98 valence electrons. The Bertz CT molecular complexity index is 302. The topological polar surface area (TPSA) is 41.6 Å². The molecule has 0 spiro atoms. The second kappa shape index (κ2) is 4.58. The molecule has 1 N–H and O–H groups in total. The van der Waals surface area contributed by atoms with Crippen molar-refractivity contribution < 1.29 is 9.53 Å². The second-order valence-electron chi connectivity index (χ2n) is 6.10. The first kappa shape index (κ1) is 12.8. The Morgan fingerprint density at radius 2 is 2.18 bits per heavy atom. The van der Waals surface area contributed by atoms with Crippen LogP contribution in [0.1, 0.15) is 27.7 Å². The number of nitrogens with zero attached hydrogens (tertiary/aromatic N) is 1. The predicted octanol–water partition coefficient (Wildman–Crippen LogP) is 0.868. The van der Waals surface area contributed by atoms with Crippen molar-refractivity contribution in [2.75, 3.05) is 26.2 Å². The molecule has 0 aromatic carbocycles. The van der Waals surface area contributed by atoms with E-state index in [-0.39, 0.29) is 17.6 Å². The monoisotopic (exact) mass is 240 g/mol. The lowest BCUT2D eigenvalue weighted by atomic mass is 9.85. The van der Waals surface area contributed by atoms with Crippen molar-refractivity contribution in [3.8, 4) is 0 Å². The molecule has 0 radical (unpaired) electrons. The molecule has 0 amide bonds. The number of carbonyl (C=O) groups excluding carboxylic acids is 1. The summed E-state index contributed by atoms with van der Waals surface area (Å²) in [4.78, 5) is 14.0. The molecule has 17 heavy (non-hydrogen) atoms. The van der Waals surface area contributed by atoms with E-state index in [4.69, 9.17) is 4.74 Å². The van der Waals surface area contributed by atoms with E-state index in [1.165, 1.54) is 0 Å². The van der Waals surface area contributed by atoms with Crippen LogP contribution in [-0.4, -0.2) is 48.7 Å². The SMILES string of the molecule is CC(C)OC(=O)CN1CC2CNCC2C1(C)C. The maximum atomic E-state index is 11.7. The van der Waals surface area contributed by atoms with Crippen LogP contribution >= 0.6 is 0 Å². The number of esters is 1. The van der Waals surface area contributed by atoms with Crippen LogP contribution in [0.15, 0.2) is 0 Å². The summed E-state index contributed by atoms with van der Waals surface area (Å²) in [6.45, 7) is 11.9. The molecule has 0 aromatic heterocycles. The molecule has 0 bridgehead atoms. The smallest absolute Gasteiger partial charge is 0.320 e. The number of hydrogen-bond acceptors (Lipinski definition) is 4. The maximum Gasteiger partial charge on any atom is 0.320 e. The van der Waals surface area contributed by atoms with Gasteiger partial charge in [0, 0.05) is 18.6 Å². The molecule has 2 fully saturated rings. The first-order valence-electron chi connectivity index (χ1n) is 6.56. The van der Waals surface area contributed by atoms with Gasteiger partial charge in [-0.25, -0.2) is 0 Å². The number of carbonyl (C=O) groups is 1. The number of hydrogen-bond donors (Lipinski definition) is 1. The summed E-state index contributed by atoms with van der Waals surface area (Å²) in [5, 5.41) is 3.44. The van der Waals surface area contributed by atoms with Gasteiger partial charge in [0.2, 0.25) is 0 Å². The number of rotatable bonds is 3. The Labute approximate surface area is 104 Å². The van der Waals surface area contributed by atoms with Gasteiger partial charge in [-0.05, 0) is 46.1 Å². The molecule has 4 nitrogen and oxygen atoms in total. The minimum absolute atomic E-state index is 0.0191. The third-order valence-corrected chi connectivity index (χ3v) is 4.20. The molecule has 2 rings (SSSR count). The van der Waals surface area contributed by atoms with Gasteiger partial charge >= 0.3 is 5.97 Å². The van der Waals surface area contributed by atoms with Gasteiger partial charge in [-0.2, -0.15) is 0 Å². The fraction of sp³-hybridized carbons (Fsp3) is 0.923. The maximum absolute atomic E-state index is 11.7. The molecule has 2 heterocycles. The molecule has 2 aliphatic rings. The van der Waals surface area contributed by atoms with Gasteiger partial charge in [-0.1, -0.05) is 0 Å². The van der Waals surface area contributed by atoms with Crippen molar-refractivity contribution in [2.24, 2.45) is 11.8 Å². The highest BCUT2D eigenvalue weighted by Gasteiger charge is 2.49. The van der Waals surface area contributed by atoms with Crippen molar-refractivity contribution >= 4 is 5.97 Å². The third-order valence-electron chi connectivity index (χ3n) is 4.20. The third kappa shape index (κ3) is 2.47. The summed E-state index contributed by atoms with van der Waals surface area (Å²) in [5.74, 6) is 1.26. The van der Waals surface area contributed by atoms with Crippen LogP contribution in [0.25, 0.3) is 0 Å². The molecule has 2 saturated heterocycles. The molecule has 2 atom stereocenters. The van der Waals surface area contributed by atoms with Crippen LogP contribution in [0.4, 0.5) is 0 Å². The van der Waals surface area contributed by atoms with Gasteiger partial charge < -0.3 is 10.1 Å². The first-order chi connectivity index (χ1) is 7.91. The summed E-state index contributed by atoms with van der Waals surface area (Å²) in [7, 11) is 0. The van der Waals surface area contributed by atoms with E-state index in [1.54, 1.807) is 0 Å². The van der Waals surface area contributed by atoms with Crippen LogP contribution in [0.2, 0.25) is 0 Å². The highest BCUT2D eigenvalue weighted by Crippen LogP contribution is 2.40. The van der Waals surface area contributed by atoms with Crippen LogP contribution in [0.5, 0.6) is 0 Å². The van der Waals surface area contributed by atoms with E-state index >= 15 is 0 Å². The average molecular weight is 240 g/mol. The van der Waals surface area contributed by atoms with Gasteiger partial charge in [-0.15, -0.1) is 0 Å². The van der Waals surface area contributed by atoms with Crippen molar-refractivity contribution in [2.45, 2.75) is 39.3 Å². The number of ether oxygens (including phenoxy) is 1. The number of likely N-dealkylation sites (tertiary alicyclic amines) is 1. The lowest BCUT2D eigenvalue weighted by Crippen LogP contribution is -2.47. The lowest BCUT2D eigenvalue weighted by molar-refractivity contribution is -0.149. The summed E-state index contributed by atoms with van der Waals surface area (Å²) in [5.41, 5.74) is 0.101. The fourth-order valence-electron chi connectivity index (χ4n) is 3.23. The van der Waals surface area contributed by atoms with E-state index in [0.717, 1.165) is 19.6 Å². The van der Waals surface area contributed by atoms with E-state index in [1.807, 2.05) is 13.8 Å². The Kier molecular flexibility index (Phi) is 3.46. The minimum atomic E-state index is -0.0963. The molecular weight excluding hydrogens is 216 g/mol. The van der Waals surface area contributed by atoms with Crippen LogP contribution in [-0.2, 0) is 9.53 Å². The Morgan fingerprint density at radius 3 is 2.76 bits per heavy atom. The predicted molar refractivity (Wildman–Crippen MR) is 66.7 cm³/mol. The Balaban J connectivity index is 1.96. The molecule has 0 saturated carbocycles. The van der Waals surface area contributed by atoms with Crippen molar-refractivity contribution in [3.63, 3.8) is 0 Å². The Hall–Kier alpha value is -0.610. The largest absolute Gasteiger partial charge is 0.462 e. The molecule has 0 aromatic rings. The quantitative estimate of drug-likeness (QED) is 0.743. The zero-order valence-corrected chi connectivity index (χ0v) is 11.3. The molecule has 0 aliphatic carbocycles. The molecule has 2 unspecified atom stereocenters. The molecule has 2 aliphatic heterocycles. The van der Waals surface area contributed by atoms with Crippen LogP contribution in [0, 0.1) is 11.8 Å². The molecular formula is C13H24N2O2. The minimum Gasteiger partial charge on any atom is -0.462 e. The second-order valence-corrected chi connectivity index (χ2v) is 6.10. The normalized spacial score (nSPS) is 31.8. The van der Waals surface area contributed by atoms with Crippen molar-refractivity contribution in [3.05, 3.63) is 0 Å². The summed E-state index contributed by atoms with van der Waals surface area (Å²) in [6, 6.07) is 0. The van der Waals surface area contributed by atoms with Crippen LogP contribution in [0.3, 0.4) is 0 Å². The number of fused-ring (bicyclic) bond motifs is 1. The zero-order chi connectivity index (χ0) is 12.6. The van der Waals surface area contributed by atoms with Gasteiger partial charge in [-0.3, -0.25) is 9.69 Å². The van der Waals surface area contributed by atoms with Gasteiger partial charge in [0.05, 0.1) is 12.6 Å². The van der Waals surface area contributed by atoms with Crippen molar-refractivity contribution in [1.82, 2.24) is 10.2 Å². The van der Waals surface area contributed by atoms with Gasteiger partial charge in [0.25, 0.3) is 0 Å². The zero-order valence-electron chi connectivity index (χ0n) is 11.3. The first-order valence-corrected chi connectivity index (χ1v) is 6.56. The van der Waals surface area contributed by atoms with Crippen LogP contribution < -0.4 is 5.32 Å². The van der Waals surface area contributed by atoms with E-state index in [0.29, 0.717) is 18.4 Å².